The van der Waals surface area contributed by atoms with Crippen molar-refractivity contribution in [3.8, 4) is 5.75 Å². The van der Waals surface area contributed by atoms with Gasteiger partial charge in [0.05, 0.1) is 6.33 Å². The summed E-state index contributed by atoms with van der Waals surface area (Å²) in [6, 6.07) is 11.0. The van der Waals surface area contributed by atoms with Gasteiger partial charge >= 0.3 is 6.36 Å². The lowest BCUT2D eigenvalue weighted by atomic mass is 10.3. The summed E-state index contributed by atoms with van der Waals surface area (Å²) in [6.07, 6.45) is -0.792. The third-order valence-corrected chi connectivity index (χ3v) is 4.03. The second-order valence-electron chi connectivity index (χ2n) is 6.19. The molecule has 0 aliphatic rings. The summed E-state index contributed by atoms with van der Waals surface area (Å²) in [5.41, 5.74) is 2.54. The second-order valence-corrected chi connectivity index (χ2v) is 6.19. The number of ether oxygens (including phenoxy) is 1. The highest BCUT2D eigenvalue weighted by Crippen LogP contribution is 2.26. The fraction of sp³-hybridized carbons (Fsp3) is 0.158. The fourth-order valence-electron chi connectivity index (χ4n) is 2.74. The van der Waals surface area contributed by atoms with Gasteiger partial charge in [-0.3, -0.25) is 4.98 Å². The number of aromatic amines is 1. The van der Waals surface area contributed by atoms with Gasteiger partial charge in [0, 0.05) is 30.5 Å². The van der Waals surface area contributed by atoms with Crippen LogP contribution in [0.5, 0.6) is 5.75 Å². The molecule has 1 aromatic carbocycles. The predicted octanol–water partition coefficient (Wildman–Crippen LogP) is 4.04. The molecule has 4 aromatic rings. The normalized spacial score (nSPS) is 11.4. The van der Waals surface area contributed by atoms with Crippen molar-refractivity contribution in [2.45, 2.75) is 12.8 Å². The summed E-state index contributed by atoms with van der Waals surface area (Å²) in [7, 11) is 0. The molecular formula is C19H16F3N7O. The van der Waals surface area contributed by atoms with Gasteiger partial charge in [0.1, 0.15) is 11.3 Å². The van der Waals surface area contributed by atoms with Crippen LogP contribution in [-0.4, -0.2) is 37.8 Å². The van der Waals surface area contributed by atoms with E-state index in [9.17, 15) is 13.2 Å². The molecule has 0 spiro atoms. The Balaban J connectivity index is 1.48. The first-order chi connectivity index (χ1) is 14.5. The van der Waals surface area contributed by atoms with Crippen LogP contribution in [0.15, 0.2) is 55.0 Å². The number of hydrogen-bond acceptors (Lipinski definition) is 7. The Bertz CT molecular complexity index is 1110. The van der Waals surface area contributed by atoms with Gasteiger partial charge < -0.3 is 20.4 Å². The minimum Gasteiger partial charge on any atom is -0.406 e. The molecule has 154 valence electrons. The number of benzene rings is 1. The highest BCUT2D eigenvalue weighted by Gasteiger charge is 2.30. The number of halogens is 3. The molecule has 0 aliphatic heterocycles. The lowest BCUT2D eigenvalue weighted by molar-refractivity contribution is -0.274. The van der Waals surface area contributed by atoms with Crippen molar-refractivity contribution in [3.05, 3.63) is 60.7 Å². The number of pyridine rings is 1. The van der Waals surface area contributed by atoms with Crippen LogP contribution < -0.4 is 15.4 Å². The van der Waals surface area contributed by atoms with Gasteiger partial charge in [-0.2, -0.15) is 9.97 Å². The molecule has 3 N–H and O–H groups in total. The molecule has 3 aromatic heterocycles. The van der Waals surface area contributed by atoms with Gasteiger partial charge in [0.25, 0.3) is 0 Å². The quantitative estimate of drug-likeness (QED) is 0.419. The molecule has 0 bridgehead atoms. The Morgan fingerprint density at radius 2 is 1.83 bits per heavy atom. The third-order valence-electron chi connectivity index (χ3n) is 4.03. The minimum absolute atomic E-state index is 0.249. The van der Waals surface area contributed by atoms with E-state index in [0.717, 1.165) is 5.69 Å². The maximum absolute atomic E-state index is 12.3. The number of fused-ring (bicyclic) bond motifs is 1. The lowest BCUT2D eigenvalue weighted by Gasteiger charge is -2.11. The number of imidazole rings is 1. The zero-order valence-electron chi connectivity index (χ0n) is 15.4. The van der Waals surface area contributed by atoms with Gasteiger partial charge in [-0.05, 0) is 36.4 Å². The highest BCUT2D eigenvalue weighted by molar-refractivity contribution is 5.84. The topological polar surface area (TPSA) is 101 Å². The van der Waals surface area contributed by atoms with Crippen molar-refractivity contribution in [2.24, 2.45) is 0 Å². The van der Waals surface area contributed by atoms with E-state index in [4.69, 9.17) is 0 Å². The smallest absolute Gasteiger partial charge is 0.406 e. The molecule has 0 unspecified atom stereocenters. The first-order valence-corrected chi connectivity index (χ1v) is 8.94. The number of rotatable bonds is 7. The SMILES string of the molecule is FC(F)(F)Oc1ccc(Nc2nc(NCCc3ccccn3)c3[nH]cnc3n2)cc1. The third kappa shape index (κ3) is 4.93. The highest BCUT2D eigenvalue weighted by atomic mass is 19.4. The number of nitrogens with zero attached hydrogens (tertiary/aromatic N) is 4. The monoisotopic (exact) mass is 415 g/mol. The van der Waals surface area contributed by atoms with Crippen molar-refractivity contribution in [2.75, 3.05) is 17.2 Å². The summed E-state index contributed by atoms with van der Waals surface area (Å²) in [6.45, 7) is 0.588. The molecule has 0 saturated heterocycles. The summed E-state index contributed by atoms with van der Waals surface area (Å²) < 4.78 is 40.7. The van der Waals surface area contributed by atoms with Crippen molar-refractivity contribution in [1.29, 1.82) is 0 Å². The van der Waals surface area contributed by atoms with Crippen molar-refractivity contribution in [1.82, 2.24) is 24.9 Å². The number of nitrogens with one attached hydrogen (secondary N) is 3. The van der Waals surface area contributed by atoms with E-state index in [2.05, 4.69) is 40.3 Å². The van der Waals surface area contributed by atoms with Crippen LogP contribution in [0.1, 0.15) is 5.69 Å². The summed E-state index contributed by atoms with van der Waals surface area (Å²) >= 11 is 0. The lowest BCUT2D eigenvalue weighted by Crippen LogP contribution is -2.17. The maximum Gasteiger partial charge on any atom is 0.573 e. The Morgan fingerprint density at radius 1 is 1.00 bits per heavy atom. The Hall–Kier alpha value is -3.89. The van der Waals surface area contributed by atoms with E-state index in [0.29, 0.717) is 35.6 Å². The van der Waals surface area contributed by atoms with Crippen molar-refractivity contribution < 1.29 is 17.9 Å². The van der Waals surface area contributed by atoms with Gasteiger partial charge in [-0.1, -0.05) is 6.07 Å². The summed E-state index contributed by atoms with van der Waals surface area (Å²) in [4.78, 5) is 20.2. The predicted molar refractivity (Wildman–Crippen MR) is 105 cm³/mol. The van der Waals surface area contributed by atoms with Gasteiger partial charge in [0.2, 0.25) is 5.95 Å². The van der Waals surface area contributed by atoms with E-state index >= 15 is 0 Å². The zero-order valence-corrected chi connectivity index (χ0v) is 15.4. The number of anilines is 3. The van der Waals surface area contributed by atoms with E-state index in [1.807, 2.05) is 18.2 Å². The Labute approximate surface area is 168 Å². The minimum atomic E-state index is -4.74. The molecule has 0 saturated carbocycles. The zero-order chi connectivity index (χ0) is 21.0. The van der Waals surface area contributed by atoms with Crippen LogP contribution in [0.3, 0.4) is 0 Å². The molecule has 0 atom stereocenters. The average Bonchev–Trinajstić information content (AvgIpc) is 3.18. The molecule has 30 heavy (non-hydrogen) atoms. The molecule has 8 nitrogen and oxygen atoms in total. The largest absolute Gasteiger partial charge is 0.573 e. The first kappa shape index (κ1) is 19.4. The van der Waals surface area contributed by atoms with Crippen LogP contribution in [0.2, 0.25) is 0 Å². The van der Waals surface area contributed by atoms with Crippen LogP contribution in [0.4, 0.5) is 30.6 Å². The molecule has 3 heterocycles. The van der Waals surface area contributed by atoms with E-state index in [-0.39, 0.29) is 11.7 Å². The second kappa shape index (κ2) is 8.23. The molecule has 0 radical (unpaired) electrons. The number of hydrogen-bond donors (Lipinski definition) is 3. The van der Waals surface area contributed by atoms with Crippen molar-refractivity contribution in [3.63, 3.8) is 0 Å². The van der Waals surface area contributed by atoms with Crippen molar-refractivity contribution >= 4 is 28.6 Å². The Morgan fingerprint density at radius 3 is 2.57 bits per heavy atom. The molecule has 0 aliphatic carbocycles. The summed E-state index contributed by atoms with van der Waals surface area (Å²) in [5, 5.41) is 6.20. The first-order valence-electron chi connectivity index (χ1n) is 8.94. The van der Waals surface area contributed by atoms with Crippen LogP contribution in [-0.2, 0) is 6.42 Å². The molecule has 11 heteroatoms. The van der Waals surface area contributed by atoms with Gasteiger partial charge in [0.15, 0.2) is 11.5 Å². The maximum atomic E-state index is 12.3. The molecule has 4 rings (SSSR count). The van der Waals surface area contributed by atoms with E-state index < -0.39 is 6.36 Å². The number of aromatic nitrogens is 5. The molecular weight excluding hydrogens is 399 g/mol. The molecule has 0 fully saturated rings. The molecule has 0 amide bonds. The Kier molecular flexibility index (Phi) is 5.33. The fourth-order valence-corrected chi connectivity index (χ4v) is 2.74. The van der Waals surface area contributed by atoms with Gasteiger partial charge in [-0.15, -0.1) is 13.2 Å². The number of alkyl halides is 3. The van der Waals surface area contributed by atoms with Crippen LogP contribution in [0, 0.1) is 0 Å². The standard InChI is InChI=1S/C19H16F3N7O/c20-19(21,22)30-14-6-4-13(5-7-14)27-18-28-16(15-17(29-18)26-11-25-15)24-10-8-12-3-1-2-9-23-12/h1-7,9,11H,8,10H2,(H3,24,25,26,27,28,29). The van der Waals surface area contributed by atoms with Crippen LogP contribution >= 0.6 is 0 Å². The summed E-state index contributed by atoms with van der Waals surface area (Å²) in [5.74, 6) is 0.487. The van der Waals surface area contributed by atoms with E-state index in [1.54, 1.807) is 6.20 Å². The van der Waals surface area contributed by atoms with E-state index in [1.165, 1.54) is 30.6 Å². The number of H-pyrrole nitrogens is 1. The van der Waals surface area contributed by atoms with Crippen LogP contribution in [0.25, 0.3) is 11.2 Å². The average molecular weight is 415 g/mol. The van der Waals surface area contributed by atoms with Gasteiger partial charge in [-0.25, -0.2) is 4.98 Å².